The van der Waals surface area contributed by atoms with Gasteiger partial charge in [0.2, 0.25) is 0 Å². The van der Waals surface area contributed by atoms with Crippen LogP contribution in [0.2, 0.25) is 0 Å². The van der Waals surface area contributed by atoms with Crippen LogP contribution in [0.5, 0.6) is 11.5 Å². The van der Waals surface area contributed by atoms with E-state index in [1.165, 1.54) is 30.5 Å². The van der Waals surface area contributed by atoms with Crippen LogP contribution >= 0.6 is 0 Å². The molecule has 2 N–H and O–H groups in total. The van der Waals surface area contributed by atoms with E-state index in [1.54, 1.807) is 0 Å². The molecule has 4 bridgehead atoms. The average molecular weight is 482 g/mol. The second-order valence-corrected chi connectivity index (χ2v) is 14.3. The number of likely N-dealkylation sites (tertiary alicyclic amines) is 1. The van der Waals surface area contributed by atoms with E-state index in [0.29, 0.717) is 11.8 Å². The number of rotatable bonds is 4. The van der Waals surface area contributed by atoms with Gasteiger partial charge in [0.1, 0.15) is 11.2 Å². The molecule has 192 valence electrons. The van der Waals surface area contributed by atoms with E-state index in [-0.39, 0.29) is 27.9 Å². The van der Waals surface area contributed by atoms with Gasteiger partial charge in [0.05, 0.1) is 11.0 Å². The fraction of sp³-hybridized carbons (Fsp3) is 0.800. The van der Waals surface area contributed by atoms with Crippen LogP contribution in [0.4, 0.5) is 0 Å². The van der Waals surface area contributed by atoms with Gasteiger partial charge in [-0.3, -0.25) is 4.90 Å². The number of hydrogen-bond acceptors (Lipinski definition) is 5. The van der Waals surface area contributed by atoms with Gasteiger partial charge < -0.3 is 19.7 Å². The Morgan fingerprint density at radius 2 is 1.89 bits per heavy atom. The Bertz CT molecular complexity index is 1100. The summed E-state index contributed by atoms with van der Waals surface area (Å²) in [6.07, 6.45) is 7.71. The molecule has 0 radical (unpaired) electrons. The first kappa shape index (κ1) is 22.9. The summed E-state index contributed by atoms with van der Waals surface area (Å²) >= 11 is 0. The van der Waals surface area contributed by atoms with Crippen molar-refractivity contribution >= 4 is 0 Å². The van der Waals surface area contributed by atoms with Crippen molar-refractivity contribution in [2.24, 2.45) is 22.7 Å². The molecule has 7 atom stereocenters. The van der Waals surface area contributed by atoms with Gasteiger partial charge in [0, 0.05) is 36.6 Å². The van der Waals surface area contributed by atoms with E-state index >= 15 is 0 Å². The van der Waals surface area contributed by atoms with Gasteiger partial charge in [-0.05, 0) is 88.3 Å². The zero-order valence-electron chi connectivity index (χ0n) is 22.4. The van der Waals surface area contributed by atoms with Crippen LogP contribution in [0.15, 0.2) is 12.1 Å². The molecular formula is C30H43NO4. The molecule has 7 aliphatic rings. The normalized spacial score (nSPS) is 45.1. The van der Waals surface area contributed by atoms with Gasteiger partial charge >= 0.3 is 0 Å². The lowest BCUT2D eigenvalue weighted by molar-refractivity contribution is -0.345. The Morgan fingerprint density at radius 3 is 2.54 bits per heavy atom. The lowest BCUT2D eigenvalue weighted by Crippen LogP contribution is -2.87. The molecule has 2 aliphatic heterocycles. The topological polar surface area (TPSA) is 62.2 Å². The number of phenolic OH excluding ortho intramolecular Hbond substituents is 1. The third kappa shape index (κ3) is 2.26. The summed E-state index contributed by atoms with van der Waals surface area (Å²) in [6.45, 7) is 13.1. The second kappa shape index (κ2) is 6.39. The first-order valence-corrected chi connectivity index (χ1v) is 13.9. The Kier molecular flexibility index (Phi) is 4.18. The van der Waals surface area contributed by atoms with Gasteiger partial charge in [-0.25, -0.2) is 0 Å². The number of aliphatic hydroxyl groups is 1. The fourth-order valence-corrected chi connectivity index (χ4v) is 10.2. The highest BCUT2D eigenvalue weighted by Gasteiger charge is 2.86. The Hall–Kier alpha value is -1.30. The molecule has 35 heavy (non-hydrogen) atoms. The minimum Gasteiger partial charge on any atom is -0.504 e. The van der Waals surface area contributed by atoms with Crippen molar-refractivity contribution in [2.75, 3.05) is 20.2 Å². The van der Waals surface area contributed by atoms with Gasteiger partial charge in [0.15, 0.2) is 11.5 Å². The maximum absolute atomic E-state index is 12.3. The van der Waals surface area contributed by atoms with Gasteiger partial charge in [-0.15, -0.1) is 0 Å². The van der Waals surface area contributed by atoms with E-state index in [0.717, 1.165) is 44.6 Å². The second-order valence-electron chi connectivity index (χ2n) is 14.3. The van der Waals surface area contributed by atoms with Crippen molar-refractivity contribution in [3.8, 4) is 11.5 Å². The fourth-order valence-electron chi connectivity index (χ4n) is 10.2. The summed E-state index contributed by atoms with van der Waals surface area (Å²) in [5.74, 6) is 1.74. The highest BCUT2D eigenvalue weighted by Crippen LogP contribution is 2.81. The largest absolute Gasteiger partial charge is 0.504 e. The molecule has 1 aromatic carbocycles. The molecule has 5 aliphatic carbocycles. The van der Waals surface area contributed by atoms with Crippen molar-refractivity contribution in [1.29, 1.82) is 0 Å². The number of benzene rings is 1. The molecule has 7 unspecified atom stereocenters. The zero-order valence-corrected chi connectivity index (χ0v) is 22.4. The molecule has 5 heteroatoms. The van der Waals surface area contributed by atoms with Crippen molar-refractivity contribution in [1.82, 2.24) is 4.90 Å². The predicted molar refractivity (Wildman–Crippen MR) is 135 cm³/mol. The summed E-state index contributed by atoms with van der Waals surface area (Å²) in [6, 6.07) is 4.45. The summed E-state index contributed by atoms with van der Waals surface area (Å²) in [5, 5.41) is 23.4. The monoisotopic (exact) mass is 481 g/mol. The van der Waals surface area contributed by atoms with Crippen LogP contribution in [0, 0.1) is 22.7 Å². The SMILES string of the molecule is COC12CCC3(CC1C(C)(O)C(C)(C)C)C1Cc4ccc(O)c5c4C3(CCN1CC1CC1)C2(C)O5. The van der Waals surface area contributed by atoms with E-state index in [9.17, 15) is 10.2 Å². The van der Waals surface area contributed by atoms with Crippen molar-refractivity contribution in [2.45, 2.75) is 108 Å². The summed E-state index contributed by atoms with van der Waals surface area (Å²) < 4.78 is 13.7. The Balaban J connectivity index is 1.51. The summed E-state index contributed by atoms with van der Waals surface area (Å²) in [5.41, 5.74) is -0.0893. The smallest absolute Gasteiger partial charge is 0.166 e. The van der Waals surface area contributed by atoms with Crippen LogP contribution in [0.25, 0.3) is 0 Å². The first-order chi connectivity index (χ1) is 16.4. The lowest BCUT2D eigenvalue weighted by atomic mass is 9.30. The summed E-state index contributed by atoms with van der Waals surface area (Å²) in [7, 11) is 1.83. The van der Waals surface area contributed by atoms with Gasteiger partial charge in [0.25, 0.3) is 0 Å². The van der Waals surface area contributed by atoms with Crippen LogP contribution in [-0.4, -0.2) is 58.2 Å². The Labute approximate surface area is 210 Å². The van der Waals surface area contributed by atoms with Crippen molar-refractivity contribution < 1.29 is 19.7 Å². The van der Waals surface area contributed by atoms with E-state index < -0.39 is 16.8 Å². The molecule has 2 spiro atoms. The van der Waals surface area contributed by atoms with Gasteiger partial charge in [-0.2, -0.15) is 0 Å². The molecular weight excluding hydrogens is 438 g/mol. The predicted octanol–water partition coefficient (Wildman–Crippen LogP) is 4.80. The van der Waals surface area contributed by atoms with Crippen molar-refractivity contribution in [3.05, 3.63) is 23.3 Å². The number of nitrogens with zero attached hydrogens (tertiary/aromatic N) is 1. The van der Waals surface area contributed by atoms with E-state index in [1.807, 2.05) is 20.1 Å². The summed E-state index contributed by atoms with van der Waals surface area (Å²) in [4.78, 5) is 2.82. The lowest BCUT2D eigenvalue weighted by Gasteiger charge is -2.78. The highest BCUT2D eigenvalue weighted by atomic mass is 16.6. The molecule has 2 heterocycles. The molecule has 4 saturated carbocycles. The average Bonchev–Trinajstić information content (AvgIpc) is 3.56. The van der Waals surface area contributed by atoms with Crippen LogP contribution < -0.4 is 4.74 Å². The minimum atomic E-state index is -0.933. The zero-order chi connectivity index (χ0) is 24.8. The van der Waals surface area contributed by atoms with E-state index in [2.05, 4.69) is 38.7 Å². The quantitative estimate of drug-likeness (QED) is 0.647. The van der Waals surface area contributed by atoms with Gasteiger partial charge in [-0.1, -0.05) is 26.8 Å². The molecule has 5 nitrogen and oxygen atoms in total. The maximum atomic E-state index is 12.3. The van der Waals surface area contributed by atoms with Crippen LogP contribution in [0.3, 0.4) is 0 Å². The molecule has 8 rings (SSSR count). The number of ether oxygens (including phenoxy) is 2. The molecule has 1 aromatic rings. The third-order valence-corrected chi connectivity index (χ3v) is 12.5. The van der Waals surface area contributed by atoms with E-state index in [4.69, 9.17) is 9.47 Å². The van der Waals surface area contributed by atoms with Crippen LogP contribution in [0.1, 0.15) is 84.3 Å². The number of aromatic hydroxyl groups is 1. The first-order valence-electron chi connectivity index (χ1n) is 13.9. The number of phenols is 1. The van der Waals surface area contributed by atoms with Crippen molar-refractivity contribution in [3.63, 3.8) is 0 Å². The number of fused-ring (bicyclic) bond motifs is 2. The number of piperidine rings is 1. The number of hydrogen-bond donors (Lipinski definition) is 2. The Morgan fingerprint density at radius 1 is 1.14 bits per heavy atom. The molecule has 5 fully saturated rings. The highest BCUT2D eigenvalue weighted by molar-refractivity contribution is 5.65. The molecule has 1 saturated heterocycles. The maximum Gasteiger partial charge on any atom is 0.166 e. The van der Waals surface area contributed by atoms with Crippen LogP contribution in [-0.2, 0) is 16.6 Å². The molecule has 0 amide bonds. The standard InChI is InChI=1S/C30H43NO4/c1-25(2,3)26(4,33)21-16-28-11-12-30(21,34-6)27(5)29(28)13-14-31(17-18-7-8-18)22(28)15-19-9-10-20(32)24(35-27)23(19)29/h9-10,18,21-22,32-33H,7-8,11-17H2,1-6H3. The number of methoxy groups -OCH3 is 1. The third-order valence-electron chi connectivity index (χ3n) is 12.5. The minimum absolute atomic E-state index is 0.00111. The molecule has 0 aromatic heterocycles.